The van der Waals surface area contributed by atoms with E-state index in [1.54, 1.807) is 31.2 Å². The molecule has 0 unspecified atom stereocenters. The molecule has 2 heterocycles. The summed E-state index contributed by atoms with van der Waals surface area (Å²) in [5, 5.41) is 0.756. The van der Waals surface area contributed by atoms with Crippen molar-refractivity contribution >= 4 is 38.9 Å². The molecule has 1 fully saturated rings. The Bertz CT molecular complexity index is 972. The highest BCUT2D eigenvalue weighted by Gasteiger charge is 2.37. The van der Waals surface area contributed by atoms with E-state index in [4.69, 9.17) is 32.4 Å². The maximum absolute atomic E-state index is 13.1. The van der Waals surface area contributed by atoms with E-state index >= 15 is 0 Å². The number of ether oxygens (including phenoxy) is 1. The number of furan rings is 1. The lowest BCUT2D eigenvalue weighted by Gasteiger charge is -2.30. The minimum Gasteiger partial charge on any atom is -0.479 e. The number of carbonyl (C=O) groups is 1. The van der Waals surface area contributed by atoms with Gasteiger partial charge in [-0.05, 0) is 50.6 Å². The number of halogens is 2. The summed E-state index contributed by atoms with van der Waals surface area (Å²) in [6.07, 6.45) is -0.472. The Morgan fingerprint density at radius 1 is 1.32 bits per heavy atom. The minimum atomic E-state index is -3.16. The molecule has 28 heavy (non-hydrogen) atoms. The molecule has 152 valence electrons. The Hall–Kier alpha value is -1.70. The van der Waals surface area contributed by atoms with Crippen LogP contribution in [0.3, 0.4) is 0 Å². The molecule has 1 aromatic carbocycles. The van der Waals surface area contributed by atoms with Gasteiger partial charge in [-0.3, -0.25) is 4.79 Å². The van der Waals surface area contributed by atoms with Gasteiger partial charge < -0.3 is 14.1 Å². The number of amides is 1. The van der Waals surface area contributed by atoms with Crippen LogP contribution in [0.15, 0.2) is 34.7 Å². The van der Waals surface area contributed by atoms with Crippen LogP contribution in [-0.2, 0) is 21.2 Å². The van der Waals surface area contributed by atoms with Crippen LogP contribution >= 0.6 is 23.2 Å². The van der Waals surface area contributed by atoms with Gasteiger partial charge in [0, 0.05) is 11.1 Å². The van der Waals surface area contributed by atoms with E-state index in [-0.39, 0.29) is 24.0 Å². The van der Waals surface area contributed by atoms with E-state index < -0.39 is 22.0 Å². The van der Waals surface area contributed by atoms with E-state index in [0.717, 1.165) is 5.76 Å². The number of aryl methyl sites for hydroxylation is 1. The maximum atomic E-state index is 13.1. The first-order valence-corrected chi connectivity index (χ1v) is 11.4. The summed E-state index contributed by atoms with van der Waals surface area (Å²) in [7, 11) is -3.16. The first-order valence-electron chi connectivity index (χ1n) is 8.82. The molecule has 1 aromatic heterocycles. The van der Waals surface area contributed by atoms with Crippen molar-refractivity contribution in [2.75, 3.05) is 11.5 Å². The van der Waals surface area contributed by atoms with Gasteiger partial charge in [-0.1, -0.05) is 23.2 Å². The Balaban J connectivity index is 1.80. The van der Waals surface area contributed by atoms with Gasteiger partial charge in [0.15, 0.2) is 15.9 Å². The van der Waals surface area contributed by atoms with Crippen molar-refractivity contribution < 1.29 is 22.4 Å². The van der Waals surface area contributed by atoms with Gasteiger partial charge in [-0.25, -0.2) is 8.42 Å². The Labute approximate surface area is 174 Å². The molecular weight excluding hydrogens is 425 g/mol. The molecule has 9 heteroatoms. The molecule has 0 aliphatic carbocycles. The fourth-order valence-corrected chi connectivity index (χ4v) is 5.38. The van der Waals surface area contributed by atoms with Gasteiger partial charge in [-0.15, -0.1) is 0 Å². The molecule has 0 radical (unpaired) electrons. The van der Waals surface area contributed by atoms with Crippen molar-refractivity contribution in [3.63, 3.8) is 0 Å². The molecule has 3 rings (SSSR count). The summed E-state index contributed by atoms with van der Waals surface area (Å²) in [5.74, 6) is 1.32. The predicted molar refractivity (Wildman–Crippen MR) is 108 cm³/mol. The largest absolute Gasteiger partial charge is 0.479 e. The van der Waals surface area contributed by atoms with Gasteiger partial charge in [-0.2, -0.15) is 0 Å². The van der Waals surface area contributed by atoms with Crippen LogP contribution in [0.5, 0.6) is 5.75 Å². The summed E-state index contributed by atoms with van der Waals surface area (Å²) in [5.41, 5.74) is 0. The van der Waals surface area contributed by atoms with Crippen molar-refractivity contribution in [2.24, 2.45) is 0 Å². The molecule has 6 nitrogen and oxygen atoms in total. The van der Waals surface area contributed by atoms with Gasteiger partial charge in [0.1, 0.15) is 17.3 Å². The number of hydrogen-bond acceptors (Lipinski definition) is 5. The van der Waals surface area contributed by atoms with Gasteiger partial charge in [0.25, 0.3) is 5.91 Å². The lowest BCUT2D eigenvalue weighted by molar-refractivity contribution is -0.140. The van der Waals surface area contributed by atoms with Crippen LogP contribution in [0.2, 0.25) is 10.0 Å². The third-order valence-corrected chi connectivity index (χ3v) is 6.88. The summed E-state index contributed by atoms with van der Waals surface area (Å²) >= 11 is 12.0. The highest BCUT2D eigenvalue weighted by molar-refractivity contribution is 7.91. The number of nitrogens with zero attached hydrogens (tertiary/aromatic N) is 1. The van der Waals surface area contributed by atoms with Crippen LogP contribution in [0.1, 0.15) is 24.9 Å². The summed E-state index contributed by atoms with van der Waals surface area (Å²) in [6, 6.07) is 7.90. The number of hydrogen-bond donors (Lipinski definition) is 0. The average Bonchev–Trinajstić information content (AvgIpc) is 3.19. The molecule has 1 aliphatic heterocycles. The average molecular weight is 446 g/mol. The van der Waals surface area contributed by atoms with E-state index in [2.05, 4.69) is 0 Å². The normalized spacial score (nSPS) is 19.4. The Morgan fingerprint density at radius 3 is 2.64 bits per heavy atom. The molecule has 2 atom stereocenters. The van der Waals surface area contributed by atoms with Gasteiger partial charge in [0.2, 0.25) is 0 Å². The molecule has 0 saturated carbocycles. The topological polar surface area (TPSA) is 76.8 Å². The zero-order chi connectivity index (χ0) is 20.5. The fraction of sp³-hybridized carbons (Fsp3) is 0.421. The maximum Gasteiger partial charge on any atom is 0.264 e. The molecule has 1 aliphatic rings. The first kappa shape index (κ1) is 21.0. The monoisotopic (exact) mass is 445 g/mol. The molecule has 1 saturated heterocycles. The second-order valence-electron chi connectivity index (χ2n) is 6.87. The third-order valence-electron chi connectivity index (χ3n) is 4.60. The zero-order valence-corrected chi connectivity index (χ0v) is 17.9. The first-order chi connectivity index (χ1) is 13.1. The quantitative estimate of drug-likeness (QED) is 0.673. The van der Waals surface area contributed by atoms with Crippen LogP contribution in [0, 0.1) is 6.92 Å². The van der Waals surface area contributed by atoms with Crippen molar-refractivity contribution in [2.45, 2.75) is 39.0 Å². The molecule has 0 bridgehead atoms. The van der Waals surface area contributed by atoms with Crippen LogP contribution in [0.25, 0.3) is 0 Å². The lowest BCUT2D eigenvalue weighted by atomic mass is 10.2. The zero-order valence-electron chi connectivity index (χ0n) is 15.5. The van der Waals surface area contributed by atoms with E-state index in [0.29, 0.717) is 28.0 Å². The van der Waals surface area contributed by atoms with Crippen molar-refractivity contribution in [3.8, 4) is 5.75 Å². The van der Waals surface area contributed by atoms with Crippen LogP contribution < -0.4 is 4.74 Å². The molecular formula is C19H21Cl2NO5S. The number of rotatable bonds is 6. The van der Waals surface area contributed by atoms with Crippen molar-refractivity contribution in [1.82, 2.24) is 4.90 Å². The highest BCUT2D eigenvalue weighted by Crippen LogP contribution is 2.29. The van der Waals surface area contributed by atoms with E-state index in [1.165, 1.54) is 11.0 Å². The summed E-state index contributed by atoms with van der Waals surface area (Å²) < 4.78 is 35.2. The summed E-state index contributed by atoms with van der Waals surface area (Å²) in [6.45, 7) is 3.59. The minimum absolute atomic E-state index is 0.0626. The molecule has 0 spiro atoms. The van der Waals surface area contributed by atoms with Crippen LogP contribution in [-0.4, -0.2) is 42.9 Å². The molecule has 0 N–H and O–H groups in total. The number of benzene rings is 1. The highest BCUT2D eigenvalue weighted by atomic mass is 35.5. The second-order valence-corrected chi connectivity index (χ2v) is 9.94. The standard InChI is InChI=1S/C19H21Cl2NO5S/c1-12-3-5-16(26-12)10-22(15-7-8-28(24,25)11-15)19(23)13(2)27-18-6-4-14(20)9-17(18)21/h3-6,9,13,15H,7-8,10-11H2,1-2H3/t13-,15-/m1/s1. The smallest absolute Gasteiger partial charge is 0.264 e. The predicted octanol–water partition coefficient (Wildman–Crippen LogP) is 3.88. The number of carbonyl (C=O) groups excluding carboxylic acids is 1. The van der Waals surface area contributed by atoms with Crippen molar-refractivity contribution in [3.05, 3.63) is 51.9 Å². The fourth-order valence-electron chi connectivity index (χ4n) is 3.19. The van der Waals surface area contributed by atoms with E-state index in [1.807, 2.05) is 6.92 Å². The molecule has 1 amide bonds. The summed E-state index contributed by atoms with van der Waals surface area (Å²) in [4.78, 5) is 14.7. The Kier molecular flexibility index (Phi) is 6.27. The van der Waals surface area contributed by atoms with Crippen molar-refractivity contribution in [1.29, 1.82) is 0 Å². The van der Waals surface area contributed by atoms with E-state index in [9.17, 15) is 13.2 Å². The SMILES string of the molecule is Cc1ccc(CN(C(=O)[C@@H](C)Oc2ccc(Cl)cc2Cl)[C@@H]2CCS(=O)(=O)C2)o1. The van der Waals surface area contributed by atoms with Crippen LogP contribution in [0.4, 0.5) is 0 Å². The lowest BCUT2D eigenvalue weighted by Crippen LogP contribution is -2.46. The van der Waals surface area contributed by atoms with Gasteiger partial charge in [0.05, 0.1) is 23.1 Å². The Morgan fingerprint density at radius 2 is 2.07 bits per heavy atom. The second kappa shape index (κ2) is 8.35. The number of sulfone groups is 1. The molecule has 2 aromatic rings. The third kappa shape index (κ3) is 5.01. The van der Waals surface area contributed by atoms with Gasteiger partial charge >= 0.3 is 0 Å².